The van der Waals surface area contributed by atoms with Gasteiger partial charge in [-0.15, -0.1) is 29.7 Å². The second-order valence-electron chi connectivity index (χ2n) is 19.1. The molecule has 0 saturated carbocycles. The minimum Gasteiger partial charge on any atom is -0.510 e. The van der Waals surface area contributed by atoms with Crippen LogP contribution in [0.4, 0.5) is 0 Å². The zero-order valence-electron chi connectivity index (χ0n) is 34.7. The van der Waals surface area contributed by atoms with E-state index in [9.17, 15) is 0 Å². The summed E-state index contributed by atoms with van der Waals surface area (Å²) in [6.07, 6.45) is 10.6. The van der Waals surface area contributed by atoms with E-state index < -0.39 is 0 Å². The van der Waals surface area contributed by atoms with Crippen molar-refractivity contribution in [1.29, 1.82) is 0 Å². The molecule has 58 heavy (non-hydrogen) atoms. The Morgan fingerprint density at radius 1 is 0.690 bits per heavy atom. The zero-order valence-corrected chi connectivity index (χ0v) is 37.0. The van der Waals surface area contributed by atoms with Crippen molar-refractivity contribution in [3.05, 3.63) is 150 Å². The molecule has 0 bridgehead atoms. The van der Waals surface area contributed by atoms with E-state index in [1.54, 1.807) is 5.56 Å². The van der Waals surface area contributed by atoms with Crippen molar-refractivity contribution >= 4 is 32.8 Å². The number of ether oxygens (including phenoxy) is 1. The molecule has 5 aromatic carbocycles. The van der Waals surface area contributed by atoms with Crippen molar-refractivity contribution in [3.8, 4) is 28.7 Å². The first-order chi connectivity index (χ1) is 27.2. The number of fused-ring (bicyclic) bond motifs is 4. The summed E-state index contributed by atoms with van der Waals surface area (Å²) in [5.74, 6) is 2.09. The molecular weight excluding hydrogens is 892 g/mol. The molecule has 0 aliphatic heterocycles. The van der Waals surface area contributed by atoms with Gasteiger partial charge in [-0.25, -0.2) is 4.98 Å². The van der Waals surface area contributed by atoms with E-state index in [1.807, 2.05) is 24.4 Å². The van der Waals surface area contributed by atoms with Crippen molar-refractivity contribution in [2.24, 2.45) is 0 Å². The molecule has 0 fully saturated rings. The third kappa shape index (κ3) is 6.15. The normalized spacial score (nSPS) is 16.6. The number of imidazole rings is 1. The van der Waals surface area contributed by atoms with E-state index in [0.29, 0.717) is 11.5 Å². The van der Waals surface area contributed by atoms with E-state index in [1.165, 1.54) is 48.1 Å². The third-order valence-electron chi connectivity index (χ3n) is 13.2. The molecule has 0 spiro atoms. The number of pyridine rings is 1. The summed E-state index contributed by atoms with van der Waals surface area (Å²) in [6, 6.07) is 43.7. The Morgan fingerprint density at radius 3 is 2.09 bits per heavy atom. The predicted molar refractivity (Wildman–Crippen MR) is 231 cm³/mol. The molecule has 3 aromatic heterocycles. The molecule has 2 aliphatic carbocycles. The summed E-state index contributed by atoms with van der Waals surface area (Å²) in [5.41, 5.74) is 12.5. The van der Waals surface area contributed by atoms with Crippen LogP contribution in [0.25, 0.3) is 50.0 Å². The van der Waals surface area contributed by atoms with Crippen LogP contribution in [0.15, 0.2) is 109 Å². The maximum atomic E-state index is 6.60. The maximum absolute atomic E-state index is 6.60. The Hall–Kier alpha value is -4.99. The molecule has 2 aliphatic rings. The summed E-state index contributed by atoms with van der Waals surface area (Å²) in [4.78, 5) is 4.84. The van der Waals surface area contributed by atoms with Gasteiger partial charge in [-0.1, -0.05) is 103 Å². The second-order valence-corrected chi connectivity index (χ2v) is 19.1. The third-order valence-corrected chi connectivity index (χ3v) is 13.2. The quantitative estimate of drug-likeness (QED) is 0.127. The first-order valence-electron chi connectivity index (χ1n) is 20.5. The molecule has 5 nitrogen and oxygen atoms in total. The van der Waals surface area contributed by atoms with Crippen molar-refractivity contribution in [2.75, 3.05) is 0 Å². The fourth-order valence-electron chi connectivity index (χ4n) is 9.65. The number of hydrogen-bond donors (Lipinski definition) is 0. The van der Waals surface area contributed by atoms with Crippen molar-refractivity contribution in [1.82, 2.24) is 14.1 Å². The smallest absolute Gasteiger partial charge is 0.268 e. The van der Waals surface area contributed by atoms with Crippen LogP contribution in [0.3, 0.4) is 0 Å². The molecule has 8 aromatic rings. The van der Waals surface area contributed by atoms with Gasteiger partial charge >= 0.3 is 0 Å². The van der Waals surface area contributed by atoms with Crippen LogP contribution in [0.5, 0.6) is 11.5 Å². The summed E-state index contributed by atoms with van der Waals surface area (Å²) in [6.45, 7) is 18.9. The van der Waals surface area contributed by atoms with Crippen LogP contribution in [0.1, 0.15) is 103 Å². The number of rotatable bonds is 5. The standard InChI is InChI=1S/C52H50N4O.Pt/c1-49(2,3)34-22-27-53-47(28-34)56-43-17-10-9-16-39(43)40-21-20-38(32-46(40)56)57-37-15-13-14-35(29-37)54-33-55(45-19-12-11-18-44(45)54)36-30-41-48-42(31-36)51(6,7)24-26-52(48,8)25-23-50(41,4)5;/h9-22,27-28,30-31H,23-26H2,1-8H3;/q-2;. The van der Waals surface area contributed by atoms with Crippen LogP contribution in [0.2, 0.25) is 0 Å². The van der Waals surface area contributed by atoms with Crippen LogP contribution >= 0.6 is 0 Å². The molecule has 10 rings (SSSR count). The van der Waals surface area contributed by atoms with E-state index in [-0.39, 0.29) is 42.7 Å². The number of para-hydroxylation sites is 3. The van der Waals surface area contributed by atoms with Gasteiger partial charge in [0, 0.05) is 44.3 Å². The topological polar surface area (TPSA) is 35.9 Å². The molecule has 296 valence electrons. The molecule has 3 heterocycles. The Labute approximate surface area is 357 Å². The second kappa shape index (κ2) is 13.5. The molecule has 0 saturated heterocycles. The maximum Gasteiger partial charge on any atom is 0.268 e. The first kappa shape index (κ1) is 38.5. The summed E-state index contributed by atoms with van der Waals surface area (Å²) in [5, 5.41) is 2.25. The van der Waals surface area contributed by atoms with E-state index in [2.05, 4.69) is 172 Å². The van der Waals surface area contributed by atoms with Gasteiger partial charge in [0.25, 0.3) is 6.33 Å². The van der Waals surface area contributed by atoms with Crippen molar-refractivity contribution in [3.63, 3.8) is 0 Å². The number of benzene rings is 5. The molecule has 0 unspecified atom stereocenters. The average molecular weight is 942 g/mol. The summed E-state index contributed by atoms with van der Waals surface area (Å²) in [7, 11) is 0. The van der Waals surface area contributed by atoms with Crippen LogP contribution in [-0.4, -0.2) is 14.1 Å². The zero-order chi connectivity index (χ0) is 39.5. The minimum absolute atomic E-state index is 0. The fraction of sp³-hybridized carbons (Fsp3) is 0.308. The van der Waals surface area contributed by atoms with E-state index in [4.69, 9.17) is 9.72 Å². The van der Waals surface area contributed by atoms with Gasteiger partial charge in [-0.3, -0.25) is 4.57 Å². The molecule has 6 heteroatoms. The van der Waals surface area contributed by atoms with Crippen LogP contribution in [-0.2, 0) is 42.7 Å². The Bertz CT molecular complexity index is 2860. The monoisotopic (exact) mass is 941 g/mol. The predicted octanol–water partition coefficient (Wildman–Crippen LogP) is 12.3. The molecule has 0 radical (unpaired) electrons. The Kier molecular flexibility index (Phi) is 8.99. The van der Waals surface area contributed by atoms with Gasteiger partial charge in [0.15, 0.2) is 0 Å². The Morgan fingerprint density at radius 2 is 1.36 bits per heavy atom. The summed E-state index contributed by atoms with van der Waals surface area (Å²) >= 11 is 0. The van der Waals surface area contributed by atoms with Gasteiger partial charge in [-0.2, -0.15) is 18.2 Å². The fourth-order valence-corrected chi connectivity index (χ4v) is 9.65. The van der Waals surface area contributed by atoms with Gasteiger partial charge in [0.05, 0.1) is 16.7 Å². The molecular formula is C52H50N4OPt-2. The van der Waals surface area contributed by atoms with Gasteiger partial charge < -0.3 is 13.9 Å². The Balaban J connectivity index is 0.00000436. The summed E-state index contributed by atoms with van der Waals surface area (Å²) < 4.78 is 13.2. The number of hydrogen-bond acceptors (Lipinski definition) is 2. The molecule has 0 atom stereocenters. The van der Waals surface area contributed by atoms with Crippen LogP contribution in [0, 0.1) is 18.5 Å². The molecule has 0 amide bonds. The van der Waals surface area contributed by atoms with Crippen LogP contribution < -0.4 is 9.30 Å². The minimum atomic E-state index is -0.0105. The van der Waals surface area contributed by atoms with Gasteiger partial charge in [0.1, 0.15) is 5.82 Å². The molecule has 0 N–H and O–H groups in total. The first-order valence-corrected chi connectivity index (χ1v) is 20.5. The van der Waals surface area contributed by atoms with Gasteiger partial charge in [0.2, 0.25) is 0 Å². The van der Waals surface area contributed by atoms with E-state index in [0.717, 1.165) is 44.3 Å². The van der Waals surface area contributed by atoms with Gasteiger partial charge in [-0.05, 0) is 111 Å². The van der Waals surface area contributed by atoms with E-state index >= 15 is 0 Å². The number of nitrogens with zero attached hydrogens (tertiary/aromatic N) is 4. The van der Waals surface area contributed by atoms with Crippen molar-refractivity contribution in [2.45, 2.75) is 103 Å². The largest absolute Gasteiger partial charge is 0.510 e. The average Bonchev–Trinajstić information content (AvgIpc) is 3.74. The number of aromatic nitrogens is 4. The van der Waals surface area contributed by atoms with Crippen molar-refractivity contribution < 1.29 is 30.4 Å². The SMILES string of the molecule is CC(C)(C)c1ccnc(-n2c3[c-]c(Oc4[c-]c(-n5[c-][n+](-c6cc7c8c(c6)C(C)(C)CCC8(C)CCC7(C)C)c6ccccc65)ccc4)ccc3c3ccccc32)c1.[Pt].